The average Bonchev–Trinajstić information content (AvgIpc) is 2.82. The lowest BCUT2D eigenvalue weighted by Crippen LogP contribution is -2.45. The molecular weight excluding hydrogens is 278 g/mol. The SMILES string of the molecule is Cc1cn2cccc(OCC(=O)NC(CO)C(=O)O)c2n1. The Kier molecular flexibility index (Phi) is 4.39. The third-order valence-corrected chi connectivity index (χ3v) is 2.74. The van der Waals surface area contributed by atoms with E-state index >= 15 is 0 Å². The summed E-state index contributed by atoms with van der Waals surface area (Å²) in [6, 6.07) is 2.07. The van der Waals surface area contributed by atoms with Crippen LogP contribution in [-0.4, -0.2) is 50.7 Å². The summed E-state index contributed by atoms with van der Waals surface area (Å²) in [5.74, 6) is -1.53. The Bertz CT molecular complexity index is 667. The minimum atomic E-state index is -1.34. The number of nitrogens with one attached hydrogen (secondary N) is 1. The molecule has 1 unspecified atom stereocenters. The molecule has 0 aliphatic heterocycles. The number of pyridine rings is 1. The number of hydrogen-bond donors (Lipinski definition) is 3. The maximum atomic E-state index is 11.6. The number of ether oxygens (including phenoxy) is 1. The third-order valence-electron chi connectivity index (χ3n) is 2.74. The average molecular weight is 293 g/mol. The van der Waals surface area contributed by atoms with E-state index in [1.807, 2.05) is 13.1 Å². The van der Waals surface area contributed by atoms with Gasteiger partial charge in [0.1, 0.15) is 6.04 Å². The van der Waals surface area contributed by atoms with Gasteiger partial charge < -0.3 is 24.7 Å². The number of carbonyl (C=O) groups excluding carboxylic acids is 1. The van der Waals surface area contributed by atoms with Crippen molar-refractivity contribution in [3.8, 4) is 5.75 Å². The maximum Gasteiger partial charge on any atom is 0.328 e. The fourth-order valence-electron chi connectivity index (χ4n) is 1.79. The summed E-state index contributed by atoms with van der Waals surface area (Å²) in [6.07, 6.45) is 3.61. The minimum absolute atomic E-state index is 0.366. The highest BCUT2D eigenvalue weighted by Gasteiger charge is 2.19. The van der Waals surface area contributed by atoms with Crippen molar-refractivity contribution in [2.45, 2.75) is 13.0 Å². The molecule has 8 heteroatoms. The van der Waals surface area contributed by atoms with Crippen molar-refractivity contribution in [2.24, 2.45) is 0 Å². The fraction of sp³-hybridized carbons (Fsp3) is 0.308. The summed E-state index contributed by atoms with van der Waals surface area (Å²) in [7, 11) is 0. The van der Waals surface area contributed by atoms with Crippen LogP contribution in [0.25, 0.3) is 5.65 Å². The quantitative estimate of drug-likeness (QED) is 0.667. The number of aliphatic carboxylic acids is 1. The standard InChI is InChI=1S/C13H15N3O5/c1-8-5-16-4-2-3-10(12(16)14-8)21-7-11(18)15-9(6-17)13(19)20/h2-5,9,17H,6-7H2,1H3,(H,15,18)(H,19,20). The molecule has 0 aliphatic rings. The Hall–Kier alpha value is -2.61. The molecular formula is C13H15N3O5. The van der Waals surface area contributed by atoms with Gasteiger partial charge in [-0.3, -0.25) is 4.79 Å². The number of aliphatic hydroxyl groups is 1. The van der Waals surface area contributed by atoms with Crippen molar-refractivity contribution >= 4 is 17.5 Å². The van der Waals surface area contributed by atoms with Gasteiger partial charge in [0, 0.05) is 12.4 Å². The Morgan fingerprint density at radius 2 is 2.29 bits per heavy atom. The number of hydrogen-bond acceptors (Lipinski definition) is 5. The van der Waals surface area contributed by atoms with E-state index in [4.69, 9.17) is 14.9 Å². The van der Waals surface area contributed by atoms with E-state index in [0.29, 0.717) is 11.4 Å². The van der Waals surface area contributed by atoms with Crippen LogP contribution in [0.3, 0.4) is 0 Å². The van der Waals surface area contributed by atoms with Crippen LogP contribution < -0.4 is 10.1 Å². The highest BCUT2D eigenvalue weighted by atomic mass is 16.5. The van der Waals surface area contributed by atoms with Gasteiger partial charge in [-0.05, 0) is 19.1 Å². The number of nitrogens with zero attached hydrogens (tertiary/aromatic N) is 2. The van der Waals surface area contributed by atoms with Crippen molar-refractivity contribution in [3.63, 3.8) is 0 Å². The van der Waals surface area contributed by atoms with Crippen LogP contribution in [0.2, 0.25) is 0 Å². The number of amides is 1. The predicted octanol–water partition coefficient (Wildman–Crippen LogP) is -0.417. The summed E-state index contributed by atoms with van der Waals surface area (Å²) in [5, 5.41) is 19.7. The molecule has 21 heavy (non-hydrogen) atoms. The second kappa shape index (κ2) is 6.23. The van der Waals surface area contributed by atoms with Crippen molar-refractivity contribution in [1.82, 2.24) is 14.7 Å². The number of aromatic nitrogens is 2. The van der Waals surface area contributed by atoms with Crippen LogP contribution in [0.5, 0.6) is 5.75 Å². The van der Waals surface area contributed by atoms with Gasteiger partial charge in [-0.2, -0.15) is 0 Å². The van der Waals surface area contributed by atoms with Gasteiger partial charge >= 0.3 is 5.97 Å². The molecule has 2 aromatic heterocycles. The molecule has 0 saturated heterocycles. The first-order valence-corrected chi connectivity index (χ1v) is 6.21. The highest BCUT2D eigenvalue weighted by Crippen LogP contribution is 2.18. The molecule has 1 amide bonds. The van der Waals surface area contributed by atoms with E-state index < -0.39 is 24.5 Å². The number of carbonyl (C=O) groups is 2. The number of imidazole rings is 1. The molecule has 2 rings (SSSR count). The molecule has 0 fully saturated rings. The second-order valence-corrected chi connectivity index (χ2v) is 4.42. The first-order chi connectivity index (χ1) is 10.0. The number of carboxylic acid groups (broad SMARTS) is 1. The zero-order valence-corrected chi connectivity index (χ0v) is 11.3. The monoisotopic (exact) mass is 293 g/mol. The molecule has 1 atom stereocenters. The lowest BCUT2D eigenvalue weighted by atomic mass is 10.3. The van der Waals surface area contributed by atoms with Crippen molar-refractivity contribution in [3.05, 3.63) is 30.2 Å². The Balaban J connectivity index is 2.01. The van der Waals surface area contributed by atoms with E-state index in [-0.39, 0.29) is 6.61 Å². The van der Waals surface area contributed by atoms with Gasteiger partial charge in [0.15, 0.2) is 18.0 Å². The lowest BCUT2D eigenvalue weighted by molar-refractivity contribution is -0.143. The van der Waals surface area contributed by atoms with Gasteiger partial charge in [0.2, 0.25) is 0 Å². The summed E-state index contributed by atoms with van der Waals surface area (Å²) in [5.41, 5.74) is 1.38. The zero-order chi connectivity index (χ0) is 15.4. The molecule has 0 radical (unpaired) electrons. The van der Waals surface area contributed by atoms with Crippen molar-refractivity contribution in [1.29, 1.82) is 0 Å². The number of rotatable bonds is 6. The van der Waals surface area contributed by atoms with Crippen LogP contribution in [0.1, 0.15) is 5.69 Å². The van der Waals surface area contributed by atoms with E-state index in [0.717, 1.165) is 5.69 Å². The van der Waals surface area contributed by atoms with Gasteiger partial charge in [-0.25, -0.2) is 9.78 Å². The van der Waals surface area contributed by atoms with E-state index in [2.05, 4.69) is 10.3 Å². The lowest BCUT2D eigenvalue weighted by Gasteiger charge is -2.12. The van der Waals surface area contributed by atoms with Gasteiger partial charge in [-0.1, -0.05) is 0 Å². The summed E-state index contributed by atoms with van der Waals surface area (Å²) in [6.45, 7) is 0.785. The highest BCUT2D eigenvalue weighted by molar-refractivity contribution is 5.84. The molecule has 112 valence electrons. The van der Waals surface area contributed by atoms with Crippen LogP contribution in [0, 0.1) is 6.92 Å². The minimum Gasteiger partial charge on any atom is -0.480 e. The first kappa shape index (κ1) is 14.8. The smallest absolute Gasteiger partial charge is 0.328 e. The normalized spacial score (nSPS) is 12.1. The number of fused-ring (bicyclic) bond motifs is 1. The van der Waals surface area contributed by atoms with Crippen LogP contribution in [0.15, 0.2) is 24.5 Å². The van der Waals surface area contributed by atoms with Gasteiger partial charge in [0.25, 0.3) is 5.91 Å². The number of aryl methyl sites for hydroxylation is 1. The Morgan fingerprint density at radius 3 is 2.95 bits per heavy atom. The molecule has 8 nitrogen and oxygen atoms in total. The predicted molar refractivity (Wildman–Crippen MR) is 72.1 cm³/mol. The van der Waals surface area contributed by atoms with Crippen LogP contribution >= 0.6 is 0 Å². The van der Waals surface area contributed by atoms with E-state index in [9.17, 15) is 9.59 Å². The Morgan fingerprint density at radius 1 is 1.52 bits per heavy atom. The third kappa shape index (κ3) is 3.48. The first-order valence-electron chi connectivity index (χ1n) is 6.21. The van der Waals surface area contributed by atoms with E-state index in [1.54, 1.807) is 22.7 Å². The molecule has 0 saturated carbocycles. The summed E-state index contributed by atoms with van der Waals surface area (Å²) in [4.78, 5) is 26.6. The molecule has 3 N–H and O–H groups in total. The Labute approximate surface area is 120 Å². The summed E-state index contributed by atoms with van der Waals surface area (Å²) >= 11 is 0. The molecule has 0 bridgehead atoms. The van der Waals surface area contributed by atoms with Gasteiger partial charge in [0.05, 0.1) is 12.3 Å². The largest absolute Gasteiger partial charge is 0.480 e. The number of carboxylic acids is 1. The van der Waals surface area contributed by atoms with Crippen LogP contribution in [0.4, 0.5) is 0 Å². The molecule has 2 heterocycles. The maximum absolute atomic E-state index is 11.6. The van der Waals surface area contributed by atoms with Gasteiger partial charge in [-0.15, -0.1) is 0 Å². The molecule has 2 aromatic rings. The van der Waals surface area contributed by atoms with Crippen molar-refractivity contribution in [2.75, 3.05) is 13.2 Å². The molecule has 0 spiro atoms. The zero-order valence-electron chi connectivity index (χ0n) is 11.3. The summed E-state index contributed by atoms with van der Waals surface area (Å²) < 4.78 is 7.11. The van der Waals surface area contributed by atoms with Crippen LogP contribution in [-0.2, 0) is 9.59 Å². The fourth-order valence-corrected chi connectivity index (χ4v) is 1.79. The second-order valence-electron chi connectivity index (χ2n) is 4.42. The van der Waals surface area contributed by atoms with E-state index in [1.165, 1.54) is 0 Å². The number of aliphatic hydroxyl groups excluding tert-OH is 1. The van der Waals surface area contributed by atoms with Crippen molar-refractivity contribution < 1.29 is 24.5 Å². The molecule has 0 aliphatic carbocycles. The topological polar surface area (TPSA) is 113 Å². The molecule has 0 aromatic carbocycles.